The van der Waals surface area contributed by atoms with Crippen molar-refractivity contribution in [1.82, 2.24) is 20.3 Å². The van der Waals surface area contributed by atoms with Gasteiger partial charge in [0.1, 0.15) is 12.4 Å². The van der Waals surface area contributed by atoms with E-state index < -0.39 is 0 Å². The van der Waals surface area contributed by atoms with Crippen molar-refractivity contribution >= 4 is 0 Å². The summed E-state index contributed by atoms with van der Waals surface area (Å²) in [7, 11) is 1.90. The maximum Gasteiger partial charge on any atom is 0.119 e. The number of ether oxygens (including phenoxy) is 1. The molecular formula is C16H24N4O. The molecule has 1 aromatic carbocycles. The zero-order valence-electron chi connectivity index (χ0n) is 12.9. The van der Waals surface area contributed by atoms with Crippen LogP contribution in [0.5, 0.6) is 5.75 Å². The lowest BCUT2D eigenvalue weighted by Crippen LogP contribution is -2.09. The molecule has 0 aliphatic rings. The molecule has 0 atom stereocenters. The second kappa shape index (κ2) is 8.42. The number of rotatable bonds is 9. The van der Waals surface area contributed by atoms with Gasteiger partial charge < -0.3 is 10.1 Å². The molecule has 0 fully saturated rings. The Kier molecular flexibility index (Phi) is 6.22. The van der Waals surface area contributed by atoms with E-state index >= 15 is 0 Å². The highest BCUT2D eigenvalue weighted by Crippen LogP contribution is 2.13. The molecular weight excluding hydrogens is 264 g/mol. The van der Waals surface area contributed by atoms with Crippen LogP contribution < -0.4 is 10.1 Å². The Morgan fingerprint density at radius 1 is 1.24 bits per heavy atom. The third kappa shape index (κ3) is 5.19. The van der Waals surface area contributed by atoms with Crippen molar-refractivity contribution in [2.45, 2.75) is 39.3 Å². The van der Waals surface area contributed by atoms with Gasteiger partial charge in [-0.2, -0.15) is 0 Å². The molecule has 0 spiro atoms. The third-order valence-corrected chi connectivity index (χ3v) is 3.28. The van der Waals surface area contributed by atoms with Crippen molar-refractivity contribution in [3.05, 3.63) is 41.7 Å². The summed E-state index contributed by atoms with van der Waals surface area (Å²) in [5, 5.41) is 11.2. The van der Waals surface area contributed by atoms with Crippen molar-refractivity contribution in [2.24, 2.45) is 0 Å². The first-order chi connectivity index (χ1) is 10.3. The number of benzene rings is 1. The monoisotopic (exact) mass is 288 g/mol. The van der Waals surface area contributed by atoms with Gasteiger partial charge >= 0.3 is 0 Å². The zero-order chi connectivity index (χ0) is 14.9. The highest BCUT2D eigenvalue weighted by Gasteiger charge is 2.00. The normalized spacial score (nSPS) is 10.8. The lowest BCUT2D eigenvalue weighted by molar-refractivity contribution is 0.289. The molecule has 5 nitrogen and oxygen atoms in total. The van der Waals surface area contributed by atoms with Crippen molar-refractivity contribution in [2.75, 3.05) is 13.7 Å². The van der Waals surface area contributed by atoms with Crippen LogP contribution >= 0.6 is 0 Å². The number of aromatic nitrogens is 3. The summed E-state index contributed by atoms with van der Waals surface area (Å²) in [5.41, 5.74) is 2.31. The van der Waals surface area contributed by atoms with E-state index in [1.54, 1.807) is 0 Å². The molecule has 21 heavy (non-hydrogen) atoms. The van der Waals surface area contributed by atoms with E-state index in [1.807, 2.05) is 30.1 Å². The molecule has 0 aliphatic heterocycles. The van der Waals surface area contributed by atoms with E-state index in [2.05, 4.69) is 34.7 Å². The highest BCUT2D eigenvalue weighted by molar-refractivity contribution is 5.27. The summed E-state index contributed by atoms with van der Waals surface area (Å²) in [5.74, 6) is 0.908. The van der Waals surface area contributed by atoms with Crippen LogP contribution in [0.2, 0.25) is 0 Å². The number of nitrogens with one attached hydrogen (secondary N) is 1. The zero-order valence-corrected chi connectivity index (χ0v) is 12.9. The average Bonchev–Trinajstić information content (AvgIpc) is 2.94. The summed E-state index contributed by atoms with van der Waals surface area (Å²) < 4.78 is 7.54. The fourth-order valence-corrected chi connectivity index (χ4v) is 2.10. The molecule has 0 radical (unpaired) electrons. The smallest absolute Gasteiger partial charge is 0.119 e. The van der Waals surface area contributed by atoms with Crippen LogP contribution in [-0.4, -0.2) is 28.6 Å². The van der Waals surface area contributed by atoms with Crippen LogP contribution in [0.1, 0.15) is 31.0 Å². The summed E-state index contributed by atoms with van der Waals surface area (Å²) in [6.07, 6.45) is 5.55. The summed E-state index contributed by atoms with van der Waals surface area (Å²) in [6.45, 7) is 4.24. The van der Waals surface area contributed by atoms with Crippen LogP contribution in [-0.2, 0) is 19.5 Å². The van der Waals surface area contributed by atoms with E-state index in [0.717, 1.165) is 24.4 Å². The summed E-state index contributed by atoms with van der Waals surface area (Å²) in [6, 6.07) is 8.37. The average molecular weight is 288 g/mol. The van der Waals surface area contributed by atoms with E-state index in [0.29, 0.717) is 13.2 Å². The lowest BCUT2D eigenvalue weighted by atomic mass is 10.1. The molecule has 0 saturated heterocycles. The van der Waals surface area contributed by atoms with Gasteiger partial charge in [0, 0.05) is 12.7 Å². The number of hydrogen-bond donors (Lipinski definition) is 1. The standard InChI is InChI=1S/C16H24N4O/c1-3-4-5-14-6-8-16(9-7-14)21-11-10-20-13-15(12-17-2)18-19-20/h6-9,13,17H,3-5,10-12H2,1-2H3. The Hall–Kier alpha value is -1.88. The van der Waals surface area contributed by atoms with Gasteiger partial charge in [-0.3, -0.25) is 0 Å². The van der Waals surface area contributed by atoms with Gasteiger partial charge in [-0.05, 0) is 37.6 Å². The first-order valence-corrected chi connectivity index (χ1v) is 7.57. The lowest BCUT2D eigenvalue weighted by Gasteiger charge is -2.07. The topological polar surface area (TPSA) is 52.0 Å². The predicted octanol–water partition coefficient (Wildman–Crippen LogP) is 2.42. The number of hydrogen-bond acceptors (Lipinski definition) is 4. The van der Waals surface area contributed by atoms with Gasteiger partial charge in [-0.15, -0.1) is 5.10 Å². The van der Waals surface area contributed by atoms with Gasteiger partial charge in [0.05, 0.1) is 12.2 Å². The molecule has 0 aliphatic carbocycles. The molecule has 5 heteroatoms. The van der Waals surface area contributed by atoms with E-state index in [4.69, 9.17) is 4.74 Å². The number of aryl methyl sites for hydroxylation is 1. The van der Waals surface area contributed by atoms with Crippen molar-refractivity contribution in [3.8, 4) is 5.75 Å². The van der Waals surface area contributed by atoms with Gasteiger partial charge in [0.2, 0.25) is 0 Å². The van der Waals surface area contributed by atoms with Gasteiger partial charge in [0.25, 0.3) is 0 Å². The second-order valence-corrected chi connectivity index (χ2v) is 5.10. The Bertz CT molecular complexity index is 521. The fraction of sp³-hybridized carbons (Fsp3) is 0.500. The van der Waals surface area contributed by atoms with E-state index in [9.17, 15) is 0 Å². The van der Waals surface area contributed by atoms with Crippen LogP contribution in [0.3, 0.4) is 0 Å². The quantitative estimate of drug-likeness (QED) is 0.770. The van der Waals surface area contributed by atoms with Crippen LogP contribution in [0, 0.1) is 0 Å². The van der Waals surface area contributed by atoms with E-state index in [-0.39, 0.29) is 0 Å². The molecule has 2 rings (SSSR count). The van der Waals surface area contributed by atoms with Crippen LogP contribution in [0.4, 0.5) is 0 Å². The minimum absolute atomic E-state index is 0.594. The third-order valence-electron chi connectivity index (χ3n) is 3.28. The first kappa shape index (κ1) is 15.5. The molecule has 0 amide bonds. The minimum Gasteiger partial charge on any atom is -0.492 e. The Morgan fingerprint density at radius 3 is 2.76 bits per heavy atom. The number of unbranched alkanes of at least 4 members (excludes halogenated alkanes) is 1. The fourth-order valence-electron chi connectivity index (χ4n) is 2.10. The van der Waals surface area contributed by atoms with Crippen molar-refractivity contribution < 1.29 is 4.74 Å². The molecule has 114 valence electrons. The maximum absolute atomic E-state index is 5.73. The largest absolute Gasteiger partial charge is 0.492 e. The van der Waals surface area contributed by atoms with Crippen LogP contribution in [0.25, 0.3) is 0 Å². The van der Waals surface area contributed by atoms with Gasteiger partial charge in [0.15, 0.2) is 0 Å². The molecule has 0 unspecified atom stereocenters. The predicted molar refractivity (Wildman–Crippen MR) is 83.3 cm³/mol. The van der Waals surface area contributed by atoms with Gasteiger partial charge in [-0.25, -0.2) is 4.68 Å². The molecule has 1 aromatic heterocycles. The summed E-state index contributed by atoms with van der Waals surface area (Å²) >= 11 is 0. The SMILES string of the molecule is CCCCc1ccc(OCCn2cc(CNC)nn2)cc1. The summed E-state index contributed by atoms with van der Waals surface area (Å²) in [4.78, 5) is 0. The minimum atomic E-state index is 0.594. The Morgan fingerprint density at radius 2 is 2.05 bits per heavy atom. The number of nitrogens with zero attached hydrogens (tertiary/aromatic N) is 3. The maximum atomic E-state index is 5.73. The molecule has 2 aromatic rings. The Balaban J connectivity index is 1.74. The molecule has 1 heterocycles. The molecule has 0 bridgehead atoms. The molecule has 1 N–H and O–H groups in total. The Labute approximate surface area is 126 Å². The van der Waals surface area contributed by atoms with E-state index in [1.165, 1.54) is 18.4 Å². The van der Waals surface area contributed by atoms with Crippen molar-refractivity contribution in [3.63, 3.8) is 0 Å². The van der Waals surface area contributed by atoms with Crippen molar-refractivity contribution in [1.29, 1.82) is 0 Å². The first-order valence-electron chi connectivity index (χ1n) is 7.57. The van der Waals surface area contributed by atoms with Crippen LogP contribution in [0.15, 0.2) is 30.5 Å². The molecule has 0 saturated carbocycles. The second-order valence-electron chi connectivity index (χ2n) is 5.10. The van der Waals surface area contributed by atoms with Gasteiger partial charge in [-0.1, -0.05) is 30.7 Å². The highest BCUT2D eigenvalue weighted by atomic mass is 16.5.